The number of hydrogen-bond acceptors (Lipinski definition) is 15. The Hall–Kier alpha value is -2.46. The highest BCUT2D eigenvalue weighted by atomic mass is 31.2. The van der Waals surface area contributed by atoms with E-state index in [0.29, 0.717) is 25.7 Å². The molecule has 3 N–H and O–H groups in total. The molecule has 0 fully saturated rings. The fourth-order valence-corrected chi connectivity index (χ4v) is 11.2. The van der Waals surface area contributed by atoms with Gasteiger partial charge in [0.25, 0.3) is 0 Å². The van der Waals surface area contributed by atoms with Gasteiger partial charge in [-0.25, -0.2) is 9.13 Å². The summed E-state index contributed by atoms with van der Waals surface area (Å²) in [7, 11) is -9.90. The zero-order valence-electron chi connectivity index (χ0n) is 54.9. The third-order valence-corrected chi connectivity index (χ3v) is 16.8. The molecular weight excluding hydrogens is 1140 g/mol. The number of carbonyl (C=O) groups is 4. The summed E-state index contributed by atoms with van der Waals surface area (Å²) < 4.78 is 68.0. The number of aliphatic hydroxyl groups excluding tert-OH is 1. The Morgan fingerprint density at radius 1 is 0.360 bits per heavy atom. The van der Waals surface area contributed by atoms with Gasteiger partial charge in [-0.3, -0.25) is 37.3 Å². The number of rotatable bonds is 65. The molecule has 0 aromatic heterocycles. The molecule has 0 spiro atoms. The number of hydrogen-bond donors (Lipinski definition) is 3. The minimum Gasteiger partial charge on any atom is -0.462 e. The largest absolute Gasteiger partial charge is 0.472 e. The van der Waals surface area contributed by atoms with Crippen LogP contribution < -0.4 is 0 Å². The molecule has 0 aliphatic heterocycles. The van der Waals surface area contributed by atoms with E-state index < -0.39 is 97.5 Å². The summed E-state index contributed by atoms with van der Waals surface area (Å²) >= 11 is 0. The van der Waals surface area contributed by atoms with Gasteiger partial charge in [0, 0.05) is 25.7 Å². The SMILES string of the molecule is CCCCCC/C=C\C=C/CCCCCCCC(=O)O[C@H](COC(=O)CCCCCCCCCCCCC(C)C)COP(=O)(O)OC[C@@H](O)COP(=O)(O)OC[C@@H](COC(=O)CCCCCCCCC)OC(=O)CCCCCCCCCCCCC. The van der Waals surface area contributed by atoms with Gasteiger partial charge >= 0.3 is 39.5 Å². The molecule has 17 nitrogen and oxygen atoms in total. The molecule has 506 valence electrons. The predicted octanol–water partition coefficient (Wildman–Crippen LogP) is 18.5. The number of aliphatic hydroxyl groups is 1. The monoisotopic (exact) mass is 1260 g/mol. The third-order valence-electron chi connectivity index (χ3n) is 14.9. The maximum absolute atomic E-state index is 13.0. The molecule has 0 bridgehead atoms. The van der Waals surface area contributed by atoms with Crippen LogP contribution >= 0.6 is 15.6 Å². The van der Waals surface area contributed by atoms with Crippen molar-refractivity contribution in [1.29, 1.82) is 0 Å². The summed E-state index contributed by atoms with van der Waals surface area (Å²) in [4.78, 5) is 72.2. The summed E-state index contributed by atoms with van der Waals surface area (Å²) in [6.45, 7) is 7.10. The molecule has 19 heteroatoms. The van der Waals surface area contributed by atoms with Crippen molar-refractivity contribution >= 4 is 39.5 Å². The lowest BCUT2D eigenvalue weighted by Crippen LogP contribution is -2.30. The molecule has 0 amide bonds. The Bertz CT molecular complexity index is 1760. The summed E-state index contributed by atoms with van der Waals surface area (Å²) in [6.07, 6.45) is 48.1. The van der Waals surface area contributed by atoms with Crippen LogP contribution in [-0.2, 0) is 65.4 Å². The van der Waals surface area contributed by atoms with Gasteiger partial charge in [-0.1, -0.05) is 264 Å². The summed E-state index contributed by atoms with van der Waals surface area (Å²) in [5.41, 5.74) is 0. The minimum atomic E-state index is -4.96. The molecule has 0 aromatic carbocycles. The molecule has 0 aromatic rings. The zero-order chi connectivity index (χ0) is 63.5. The van der Waals surface area contributed by atoms with Crippen LogP contribution in [0.3, 0.4) is 0 Å². The van der Waals surface area contributed by atoms with Crippen molar-refractivity contribution in [3.05, 3.63) is 24.3 Å². The second-order valence-corrected chi connectivity index (χ2v) is 26.9. The predicted molar refractivity (Wildman–Crippen MR) is 344 cm³/mol. The van der Waals surface area contributed by atoms with Crippen molar-refractivity contribution in [2.75, 3.05) is 39.6 Å². The van der Waals surface area contributed by atoms with E-state index in [2.05, 4.69) is 58.9 Å². The van der Waals surface area contributed by atoms with Crippen molar-refractivity contribution in [2.45, 2.75) is 335 Å². The number of carbonyl (C=O) groups excluding carboxylic acids is 4. The molecule has 0 saturated carbocycles. The first kappa shape index (κ1) is 83.5. The van der Waals surface area contributed by atoms with Gasteiger partial charge < -0.3 is 33.8 Å². The number of unbranched alkanes of at least 4 members (excludes halogenated alkanes) is 34. The molecule has 0 saturated heterocycles. The molecule has 86 heavy (non-hydrogen) atoms. The van der Waals surface area contributed by atoms with E-state index in [1.165, 1.54) is 116 Å². The Labute approximate surface area is 522 Å². The van der Waals surface area contributed by atoms with Crippen LogP contribution in [0.1, 0.15) is 317 Å². The lowest BCUT2D eigenvalue weighted by Gasteiger charge is -2.21. The Balaban J connectivity index is 5.25. The van der Waals surface area contributed by atoms with E-state index in [-0.39, 0.29) is 25.7 Å². The van der Waals surface area contributed by atoms with E-state index in [9.17, 15) is 43.2 Å². The van der Waals surface area contributed by atoms with Gasteiger partial charge in [-0.2, -0.15) is 0 Å². The maximum Gasteiger partial charge on any atom is 0.472 e. The van der Waals surface area contributed by atoms with Crippen LogP contribution in [0.2, 0.25) is 0 Å². The second kappa shape index (κ2) is 60.1. The van der Waals surface area contributed by atoms with Crippen LogP contribution in [0.4, 0.5) is 0 Å². The van der Waals surface area contributed by atoms with Crippen molar-refractivity contribution in [1.82, 2.24) is 0 Å². The van der Waals surface area contributed by atoms with Gasteiger partial charge in [-0.15, -0.1) is 0 Å². The first-order valence-corrected chi connectivity index (χ1v) is 37.4. The Kier molecular flexibility index (Phi) is 58.4. The van der Waals surface area contributed by atoms with Gasteiger partial charge in [-0.05, 0) is 57.3 Å². The van der Waals surface area contributed by atoms with E-state index in [4.69, 9.17) is 37.0 Å². The lowest BCUT2D eigenvalue weighted by atomic mass is 10.0. The van der Waals surface area contributed by atoms with Crippen molar-refractivity contribution in [2.24, 2.45) is 5.92 Å². The van der Waals surface area contributed by atoms with Gasteiger partial charge in [0.2, 0.25) is 0 Å². The second-order valence-electron chi connectivity index (χ2n) is 24.0. The van der Waals surface area contributed by atoms with Gasteiger partial charge in [0.05, 0.1) is 26.4 Å². The standard InChI is InChI=1S/C67H126O17P2/c1-6-9-12-15-18-20-22-23-24-25-27-33-38-43-48-53-67(72)84-63(57-78-65(70)51-46-41-36-31-29-28-30-35-39-44-49-60(4)5)59-82-86(75,76)80-55-61(68)54-79-85(73,74)81-58-62(56-77-64(69)50-45-40-34-17-14-11-8-3)83-66(71)52-47-42-37-32-26-21-19-16-13-10-7-2/h20,22-24,60-63,68H,6-19,21,25-59H2,1-5H3,(H,73,74)(H,75,76)/b22-20-,24-23-/t61-,62+,63+/m0/s1. The number of ether oxygens (including phenoxy) is 4. The quantitative estimate of drug-likeness (QED) is 0.0169. The van der Waals surface area contributed by atoms with Gasteiger partial charge in [0.15, 0.2) is 12.2 Å². The van der Waals surface area contributed by atoms with Crippen molar-refractivity contribution in [3.8, 4) is 0 Å². The minimum absolute atomic E-state index is 0.0849. The average Bonchev–Trinajstić information content (AvgIpc) is 3.65. The molecular formula is C67H126O17P2. The van der Waals surface area contributed by atoms with Gasteiger partial charge in [0.1, 0.15) is 19.3 Å². The number of phosphoric acid groups is 2. The fourth-order valence-electron chi connectivity index (χ4n) is 9.57. The third kappa shape index (κ3) is 60.5. The summed E-state index contributed by atoms with van der Waals surface area (Å²) in [6, 6.07) is 0. The van der Waals surface area contributed by atoms with Crippen LogP contribution in [-0.4, -0.2) is 96.7 Å². The average molecular weight is 1270 g/mol. The maximum atomic E-state index is 13.0. The highest BCUT2D eigenvalue weighted by Gasteiger charge is 2.30. The van der Waals surface area contributed by atoms with E-state index in [0.717, 1.165) is 121 Å². The molecule has 0 aliphatic carbocycles. The number of phosphoric ester groups is 2. The Morgan fingerprint density at radius 3 is 0.953 bits per heavy atom. The van der Waals surface area contributed by atoms with Crippen LogP contribution in [0.15, 0.2) is 24.3 Å². The molecule has 5 atom stereocenters. The summed E-state index contributed by atoms with van der Waals surface area (Å²) in [5.74, 6) is -1.41. The topological polar surface area (TPSA) is 237 Å². The van der Waals surface area contributed by atoms with Crippen LogP contribution in [0.5, 0.6) is 0 Å². The lowest BCUT2D eigenvalue weighted by molar-refractivity contribution is -0.161. The molecule has 2 unspecified atom stereocenters. The first-order chi connectivity index (χ1) is 41.5. The Morgan fingerprint density at radius 2 is 0.628 bits per heavy atom. The smallest absolute Gasteiger partial charge is 0.462 e. The fraction of sp³-hybridized carbons (Fsp3) is 0.881. The molecule has 0 aliphatic rings. The van der Waals surface area contributed by atoms with Crippen molar-refractivity contribution < 1.29 is 80.2 Å². The molecule has 0 heterocycles. The van der Waals surface area contributed by atoms with E-state index in [1.54, 1.807) is 0 Å². The van der Waals surface area contributed by atoms with E-state index in [1.807, 2.05) is 0 Å². The molecule has 0 radical (unpaired) electrons. The molecule has 0 rings (SSSR count). The number of esters is 4. The zero-order valence-corrected chi connectivity index (χ0v) is 56.7. The van der Waals surface area contributed by atoms with Crippen molar-refractivity contribution in [3.63, 3.8) is 0 Å². The normalized spacial score (nSPS) is 14.3. The van der Waals surface area contributed by atoms with E-state index >= 15 is 0 Å². The first-order valence-electron chi connectivity index (χ1n) is 34.5. The van der Waals surface area contributed by atoms with Crippen LogP contribution in [0, 0.1) is 5.92 Å². The number of allylic oxidation sites excluding steroid dienone is 4. The van der Waals surface area contributed by atoms with Crippen LogP contribution in [0.25, 0.3) is 0 Å². The summed E-state index contributed by atoms with van der Waals surface area (Å²) in [5, 5.41) is 10.5. The highest BCUT2D eigenvalue weighted by Crippen LogP contribution is 2.45. The highest BCUT2D eigenvalue weighted by molar-refractivity contribution is 7.47.